The lowest BCUT2D eigenvalue weighted by molar-refractivity contribution is 0.474. The van der Waals surface area contributed by atoms with Crippen LogP contribution in [0.5, 0.6) is 5.75 Å². The van der Waals surface area contributed by atoms with Crippen molar-refractivity contribution in [3.63, 3.8) is 0 Å². The Morgan fingerprint density at radius 2 is 1.83 bits per heavy atom. The molecular weight excluding hydrogens is 148 g/mol. The van der Waals surface area contributed by atoms with Crippen molar-refractivity contribution in [2.24, 2.45) is 5.92 Å². The van der Waals surface area contributed by atoms with E-state index in [1.54, 1.807) is 12.1 Å². The molecule has 0 aliphatic heterocycles. The molecule has 1 nitrogen and oxygen atoms in total. The van der Waals surface area contributed by atoms with Crippen LogP contribution in [0.25, 0.3) is 0 Å². The molecule has 1 aromatic carbocycles. The summed E-state index contributed by atoms with van der Waals surface area (Å²) in [6, 6.07) is 7.47. The average molecular weight is 164 g/mol. The smallest absolute Gasteiger partial charge is 0.115 e. The molecule has 0 amide bonds. The van der Waals surface area contributed by atoms with Gasteiger partial charge in [0.2, 0.25) is 0 Å². The summed E-state index contributed by atoms with van der Waals surface area (Å²) in [5.74, 6) is 1.08. The van der Waals surface area contributed by atoms with Gasteiger partial charge in [0, 0.05) is 0 Å². The number of hydrogen-bond donors (Lipinski definition) is 1. The highest BCUT2D eigenvalue weighted by atomic mass is 16.3. The molecule has 0 aliphatic rings. The number of benzene rings is 1. The Bertz CT molecular complexity index is 225. The van der Waals surface area contributed by atoms with Gasteiger partial charge in [-0.2, -0.15) is 0 Å². The molecule has 1 unspecified atom stereocenters. The molecule has 0 fully saturated rings. The fourth-order valence-corrected chi connectivity index (χ4v) is 1.18. The molecule has 0 spiro atoms. The van der Waals surface area contributed by atoms with Gasteiger partial charge in [0.1, 0.15) is 5.75 Å². The van der Waals surface area contributed by atoms with Crippen LogP contribution in [0.15, 0.2) is 24.3 Å². The van der Waals surface area contributed by atoms with Gasteiger partial charge >= 0.3 is 0 Å². The summed E-state index contributed by atoms with van der Waals surface area (Å²) in [6.07, 6.45) is 2.32. The maximum absolute atomic E-state index is 9.05. The quantitative estimate of drug-likeness (QED) is 0.728. The molecular formula is C11H16O. The van der Waals surface area contributed by atoms with Gasteiger partial charge in [0.05, 0.1) is 0 Å². The lowest BCUT2D eigenvalue weighted by atomic mass is 9.99. The lowest BCUT2D eigenvalue weighted by Gasteiger charge is -2.07. The second-order valence-electron chi connectivity index (χ2n) is 3.38. The molecule has 0 saturated heterocycles. The van der Waals surface area contributed by atoms with Crippen molar-refractivity contribution in [3.8, 4) is 5.75 Å². The summed E-state index contributed by atoms with van der Waals surface area (Å²) in [7, 11) is 0. The normalized spacial score (nSPS) is 12.8. The molecule has 1 aromatic rings. The Hall–Kier alpha value is -0.980. The average Bonchev–Trinajstić information content (AvgIpc) is 2.09. The summed E-state index contributed by atoms with van der Waals surface area (Å²) in [5, 5.41) is 9.05. The van der Waals surface area contributed by atoms with Crippen LogP contribution in [0.1, 0.15) is 25.8 Å². The summed E-state index contributed by atoms with van der Waals surface area (Å²) in [4.78, 5) is 0. The molecule has 0 saturated carbocycles. The molecule has 0 radical (unpaired) electrons. The van der Waals surface area contributed by atoms with E-state index in [4.69, 9.17) is 5.11 Å². The van der Waals surface area contributed by atoms with Crippen molar-refractivity contribution in [2.45, 2.75) is 26.7 Å². The maximum atomic E-state index is 9.05. The van der Waals surface area contributed by atoms with E-state index < -0.39 is 0 Å². The van der Waals surface area contributed by atoms with Crippen molar-refractivity contribution in [3.05, 3.63) is 29.8 Å². The highest BCUT2D eigenvalue weighted by Gasteiger charge is 2.00. The molecule has 1 atom stereocenters. The van der Waals surface area contributed by atoms with Gasteiger partial charge < -0.3 is 5.11 Å². The first-order valence-corrected chi connectivity index (χ1v) is 4.50. The summed E-state index contributed by atoms with van der Waals surface area (Å²) in [6.45, 7) is 4.44. The van der Waals surface area contributed by atoms with Gasteiger partial charge in [-0.25, -0.2) is 0 Å². The topological polar surface area (TPSA) is 20.2 Å². The van der Waals surface area contributed by atoms with Crippen LogP contribution in [-0.2, 0) is 6.42 Å². The SMILES string of the molecule is CCC(C)Cc1ccc(O)cc1. The zero-order valence-corrected chi connectivity index (χ0v) is 7.75. The van der Waals surface area contributed by atoms with Gasteiger partial charge in [0.25, 0.3) is 0 Å². The van der Waals surface area contributed by atoms with Gasteiger partial charge in [-0.05, 0) is 30.0 Å². The molecule has 1 rings (SSSR count). The first-order valence-electron chi connectivity index (χ1n) is 4.50. The summed E-state index contributed by atoms with van der Waals surface area (Å²) < 4.78 is 0. The molecule has 0 aliphatic carbocycles. The zero-order chi connectivity index (χ0) is 8.97. The van der Waals surface area contributed by atoms with Crippen molar-refractivity contribution in [1.82, 2.24) is 0 Å². The van der Waals surface area contributed by atoms with Crippen LogP contribution in [0, 0.1) is 5.92 Å². The molecule has 12 heavy (non-hydrogen) atoms. The van der Waals surface area contributed by atoms with Crippen molar-refractivity contribution < 1.29 is 5.11 Å². The van der Waals surface area contributed by atoms with E-state index in [1.807, 2.05) is 12.1 Å². The summed E-state index contributed by atoms with van der Waals surface area (Å²) >= 11 is 0. The largest absolute Gasteiger partial charge is 0.508 e. The molecule has 0 heterocycles. The second-order valence-corrected chi connectivity index (χ2v) is 3.38. The van der Waals surface area contributed by atoms with Gasteiger partial charge in [-0.3, -0.25) is 0 Å². The second kappa shape index (κ2) is 4.15. The molecule has 1 heteroatoms. The number of phenolic OH excluding ortho intramolecular Hbond substituents is 1. The van der Waals surface area contributed by atoms with Crippen LogP contribution >= 0.6 is 0 Å². The summed E-state index contributed by atoms with van der Waals surface area (Å²) in [5.41, 5.74) is 1.31. The third kappa shape index (κ3) is 2.57. The standard InChI is InChI=1S/C11H16O/c1-3-9(2)8-10-4-6-11(12)7-5-10/h4-7,9,12H,3,8H2,1-2H3. The highest BCUT2D eigenvalue weighted by molar-refractivity contribution is 5.26. The van der Waals surface area contributed by atoms with Crippen molar-refractivity contribution in [1.29, 1.82) is 0 Å². The van der Waals surface area contributed by atoms with Crippen molar-refractivity contribution >= 4 is 0 Å². The third-order valence-electron chi connectivity index (χ3n) is 2.22. The van der Waals surface area contributed by atoms with E-state index in [1.165, 1.54) is 12.0 Å². The molecule has 0 aromatic heterocycles. The third-order valence-corrected chi connectivity index (χ3v) is 2.22. The first kappa shape index (κ1) is 9.11. The number of rotatable bonds is 3. The monoisotopic (exact) mass is 164 g/mol. The van der Waals surface area contributed by atoms with Crippen LogP contribution < -0.4 is 0 Å². The molecule has 66 valence electrons. The minimum Gasteiger partial charge on any atom is -0.508 e. The Morgan fingerprint density at radius 1 is 1.25 bits per heavy atom. The number of phenols is 1. The van der Waals surface area contributed by atoms with E-state index >= 15 is 0 Å². The fourth-order valence-electron chi connectivity index (χ4n) is 1.18. The molecule has 0 bridgehead atoms. The Labute approximate surface area is 74.1 Å². The van der Waals surface area contributed by atoms with Crippen LogP contribution in [-0.4, -0.2) is 5.11 Å². The predicted molar refractivity (Wildman–Crippen MR) is 51.3 cm³/mol. The van der Waals surface area contributed by atoms with E-state index in [0.717, 1.165) is 12.3 Å². The van der Waals surface area contributed by atoms with E-state index in [2.05, 4.69) is 13.8 Å². The van der Waals surface area contributed by atoms with E-state index in [9.17, 15) is 0 Å². The predicted octanol–water partition coefficient (Wildman–Crippen LogP) is 2.98. The Balaban J connectivity index is 2.58. The Morgan fingerprint density at radius 3 is 2.33 bits per heavy atom. The minimum absolute atomic E-state index is 0.350. The minimum atomic E-state index is 0.350. The first-order chi connectivity index (χ1) is 5.72. The van der Waals surface area contributed by atoms with Gasteiger partial charge in [0.15, 0.2) is 0 Å². The van der Waals surface area contributed by atoms with Crippen LogP contribution in [0.3, 0.4) is 0 Å². The van der Waals surface area contributed by atoms with Crippen molar-refractivity contribution in [2.75, 3.05) is 0 Å². The van der Waals surface area contributed by atoms with Crippen LogP contribution in [0.4, 0.5) is 0 Å². The van der Waals surface area contributed by atoms with E-state index in [-0.39, 0.29) is 0 Å². The number of aromatic hydroxyl groups is 1. The Kier molecular flexibility index (Phi) is 3.15. The zero-order valence-electron chi connectivity index (χ0n) is 7.75. The van der Waals surface area contributed by atoms with Gasteiger partial charge in [-0.1, -0.05) is 32.4 Å². The molecule has 1 N–H and O–H groups in total. The maximum Gasteiger partial charge on any atom is 0.115 e. The number of hydrogen-bond acceptors (Lipinski definition) is 1. The van der Waals surface area contributed by atoms with Gasteiger partial charge in [-0.15, -0.1) is 0 Å². The highest BCUT2D eigenvalue weighted by Crippen LogP contribution is 2.14. The lowest BCUT2D eigenvalue weighted by Crippen LogP contribution is -1.96. The fraction of sp³-hybridized carbons (Fsp3) is 0.455. The van der Waals surface area contributed by atoms with E-state index in [0.29, 0.717) is 5.75 Å². The van der Waals surface area contributed by atoms with Crippen LogP contribution in [0.2, 0.25) is 0 Å².